The van der Waals surface area contributed by atoms with Gasteiger partial charge in [0, 0.05) is 54.4 Å². The van der Waals surface area contributed by atoms with E-state index >= 15 is 4.39 Å². The van der Waals surface area contributed by atoms with Gasteiger partial charge in [0.25, 0.3) is 5.56 Å². The first-order chi connectivity index (χ1) is 15.9. The Morgan fingerprint density at radius 2 is 1.94 bits per heavy atom. The number of ketones is 1. The van der Waals surface area contributed by atoms with E-state index in [-0.39, 0.29) is 36.3 Å². The molecule has 0 unspecified atom stereocenters. The topological polar surface area (TPSA) is 60.8 Å². The highest BCUT2D eigenvalue weighted by molar-refractivity contribution is 9.10. The number of halogens is 3. The lowest BCUT2D eigenvalue weighted by atomic mass is 9.98. The van der Waals surface area contributed by atoms with Crippen LogP contribution in [-0.2, 0) is 22.4 Å². The van der Waals surface area contributed by atoms with Crippen LogP contribution in [0, 0.1) is 17.6 Å². The van der Waals surface area contributed by atoms with Crippen LogP contribution in [-0.4, -0.2) is 61.3 Å². The second kappa shape index (κ2) is 11.0. The van der Waals surface area contributed by atoms with Crippen molar-refractivity contribution in [2.45, 2.75) is 25.8 Å². The number of benzene rings is 1. The lowest BCUT2D eigenvalue weighted by Gasteiger charge is -2.26. The average Bonchev–Trinajstić information content (AvgIpc) is 3.63. The summed E-state index contributed by atoms with van der Waals surface area (Å²) in [5.74, 6) is -1.49. The maximum absolute atomic E-state index is 15.3. The van der Waals surface area contributed by atoms with Crippen LogP contribution in [0.4, 0.5) is 8.78 Å². The molecule has 1 aromatic heterocycles. The van der Waals surface area contributed by atoms with Crippen LogP contribution < -0.4 is 5.56 Å². The normalized spacial score (nSPS) is 16.8. The number of hydrogen-bond donors (Lipinski definition) is 0. The quantitative estimate of drug-likeness (QED) is 0.445. The fourth-order valence-corrected chi connectivity index (χ4v) is 4.19. The predicted molar refractivity (Wildman–Crippen MR) is 123 cm³/mol. The van der Waals surface area contributed by atoms with Gasteiger partial charge < -0.3 is 14.0 Å². The largest absolute Gasteiger partial charge is 0.379 e. The summed E-state index contributed by atoms with van der Waals surface area (Å²) in [6, 6.07) is 4.43. The van der Waals surface area contributed by atoms with E-state index in [1.54, 1.807) is 6.07 Å². The lowest BCUT2D eigenvalue weighted by molar-refractivity contribution is 0.0362. The fourth-order valence-electron chi connectivity index (χ4n) is 3.85. The minimum Gasteiger partial charge on any atom is -0.379 e. The molecule has 0 atom stereocenters. The number of Topliss-reactive ketones (excluding diaryl/α,β-unsaturated/α-hetero) is 1. The molecule has 9 heteroatoms. The van der Waals surface area contributed by atoms with Crippen molar-refractivity contribution in [1.29, 1.82) is 0 Å². The summed E-state index contributed by atoms with van der Waals surface area (Å²) in [4.78, 5) is 27.9. The molecule has 1 aliphatic heterocycles. The number of carbonyl (C=O) groups excluding carboxylic acids is 1. The molecule has 0 amide bonds. The number of nitrogens with zero attached hydrogens (tertiary/aromatic N) is 2. The second-order valence-corrected chi connectivity index (χ2v) is 9.50. The predicted octanol–water partition coefficient (Wildman–Crippen LogP) is 3.42. The van der Waals surface area contributed by atoms with E-state index in [2.05, 4.69) is 20.8 Å². The summed E-state index contributed by atoms with van der Waals surface area (Å²) < 4.78 is 42.4. The van der Waals surface area contributed by atoms with Crippen LogP contribution in [0.15, 0.2) is 33.7 Å². The van der Waals surface area contributed by atoms with Crippen LogP contribution in [0.2, 0.25) is 0 Å². The second-order valence-electron chi connectivity index (χ2n) is 8.58. The molecule has 33 heavy (non-hydrogen) atoms. The van der Waals surface area contributed by atoms with E-state index < -0.39 is 23.0 Å². The molecule has 1 aliphatic carbocycles. The van der Waals surface area contributed by atoms with E-state index in [1.807, 2.05) is 0 Å². The van der Waals surface area contributed by atoms with Gasteiger partial charge in [0.05, 0.1) is 19.8 Å². The summed E-state index contributed by atoms with van der Waals surface area (Å²) >= 11 is 3.20. The highest BCUT2D eigenvalue weighted by atomic mass is 79.9. The van der Waals surface area contributed by atoms with Crippen molar-refractivity contribution >= 4 is 21.7 Å². The van der Waals surface area contributed by atoms with Crippen LogP contribution in [0.25, 0.3) is 0 Å². The molecule has 2 fully saturated rings. The minimum absolute atomic E-state index is 0.0622. The number of ether oxygens (including phenoxy) is 2. The number of carbonyl (C=O) groups is 1. The smallest absolute Gasteiger partial charge is 0.286 e. The Hall–Kier alpha value is -1.94. The van der Waals surface area contributed by atoms with Crippen molar-refractivity contribution < 1.29 is 23.0 Å². The molecule has 4 rings (SSSR count). The summed E-state index contributed by atoms with van der Waals surface area (Å²) in [5.41, 5.74) is -0.641. The van der Waals surface area contributed by atoms with Crippen LogP contribution in [0.3, 0.4) is 0 Å². The van der Waals surface area contributed by atoms with Gasteiger partial charge in [-0.15, -0.1) is 0 Å². The van der Waals surface area contributed by atoms with Gasteiger partial charge in [-0.25, -0.2) is 8.78 Å². The molecular formula is C24H27BrF2N2O4. The van der Waals surface area contributed by atoms with Gasteiger partial charge in [-0.05, 0) is 36.5 Å². The lowest BCUT2D eigenvalue weighted by Crippen LogP contribution is -2.40. The Kier molecular flexibility index (Phi) is 8.06. The van der Waals surface area contributed by atoms with Gasteiger partial charge in [-0.3, -0.25) is 14.5 Å². The average molecular weight is 525 g/mol. The van der Waals surface area contributed by atoms with Gasteiger partial charge in [-0.2, -0.15) is 0 Å². The highest BCUT2D eigenvalue weighted by Crippen LogP contribution is 2.29. The fraction of sp³-hybridized carbons (Fsp3) is 0.500. The third-order valence-corrected chi connectivity index (χ3v) is 6.54. The molecule has 0 spiro atoms. The molecule has 0 N–H and O–H groups in total. The van der Waals surface area contributed by atoms with E-state index in [1.165, 1.54) is 22.9 Å². The monoisotopic (exact) mass is 524 g/mol. The van der Waals surface area contributed by atoms with Crippen molar-refractivity contribution in [3.05, 3.63) is 67.5 Å². The number of morpholine rings is 1. The molecule has 1 aromatic carbocycles. The third kappa shape index (κ3) is 6.35. The molecule has 2 aromatic rings. The van der Waals surface area contributed by atoms with Crippen LogP contribution >= 0.6 is 15.9 Å². The van der Waals surface area contributed by atoms with Gasteiger partial charge in [0.15, 0.2) is 11.6 Å². The molecule has 2 heterocycles. The first-order valence-corrected chi connectivity index (χ1v) is 12.0. The summed E-state index contributed by atoms with van der Waals surface area (Å²) in [7, 11) is 0. The standard InChI is InChI=1S/C24H27BrF2N2O4/c25-18-4-3-17(21(26)12-18)11-19-20(22(30)15-33-14-16-1-2-16)13-29(24(31)23(19)27)6-5-28-7-9-32-10-8-28/h3-4,12-13,16H,1-2,5-11,14-15H2. The van der Waals surface area contributed by atoms with E-state index in [0.717, 1.165) is 25.9 Å². The van der Waals surface area contributed by atoms with Gasteiger partial charge in [0.2, 0.25) is 0 Å². The van der Waals surface area contributed by atoms with E-state index in [9.17, 15) is 14.0 Å². The number of pyridine rings is 1. The van der Waals surface area contributed by atoms with Crippen molar-refractivity contribution in [2.24, 2.45) is 5.92 Å². The Bertz CT molecular complexity index is 1070. The molecule has 0 bridgehead atoms. The Morgan fingerprint density at radius 1 is 1.18 bits per heavy atom. The third-order valence-electron chi connectivity index (χ3n) is 6.05. The first-order valence-electron chi connectivity index (χ1n) is 11.2. The number of hydrogen-bond acceptors (Lipinski definition) is 5. The summed E-state index contributed by atoms with van der Waals surface area (Å²) in [5, 5.41) is 0. The maximum Gasteiger partial charge on any atom is 0.286 e. The highest BCUT2D eigenvalue weighted by Gasteiger charge is 2.25. The molecule has 1 saturated heterocycles. The molecule has 178 valence electrons. The minimum atomic E-state index is -1.02. The van der Waals surface area contributed by atoms with E-state index in [4.69, 9.17) is 9.47 Å². The summed E-state index contributed by atoms with van der Waals surface area (Å²) in [6.45, 7) is 3.76. The van der Waals surface area contributed by atoms with Gasteiger partial charge >= 0.3 is 0 Å². The Labute approximate surface area is 199 Å². The van der Waals surface area contributed by atoms with E-state index in [0.29, 0.717) is 36.8 Å². The molecule has 6 nitrogen and oxygen atoms in total. The molecule has 2 aliphatic rings. The van der Waals surface area contributed by atoms with Crippen LogP contribution in [0.1, 0.15) is 34.3 Å². The Morgan fingerprint density at radius 3 is 2.64 bits per heavy atom. The molecular weight excluding hydrogens is 498 g/mol. The zero-order chi connectivity index (χ0) is 23.4. The molecule has 1 saturated carbocycles. The maximum atomic E-state index is 15.3. The SMILES string of the molecule is O=C(COCC1CC1)c1cn(CCN2CCOCC2)c(=O)c(F)c1Cc1ccc(Br)cc1F. The molecule has 0 radical (unpaired) electrons. The zero-order valence-corrected chi connectivity index (χ0v) is 19.9. The summed E-state index contributed by atoms with van der Waals surface area (Å²) in [6.07, 6.45) is 3.38. The van der Waals surface area contributed by atoms with Gasteiger partial charge in [-0.1, -0.05) is 22.0 Å². The number of rotatable bonds is 10. The Balaban J connectivity index is 1.61. The van der Waals surface area contributed by atoms with Crippen molar-refractivity contribution in [2.75, 3.05) is 46.1 Å². The first kappa shape index (κ1) is 24.2. The van der Waals surface area contributed by atoms with Gasteiger partial charge in [0.1, 0.15) is 12.4 Å². The van der Waals surface area contributed by atoms with Crippen molar-refractivity contribution in [3.8, 4) is 0 Å². The van der Waals surface area contributed by atoms with Crippen LogP contribution in [0.5, 0.6) is 0 Å². The number of aromatic nitrogens is 1. The van der Waals surface area contributed by atoms with Crippen molar-refractivity contribution in [1.82, 2.24) is 9.47 Å². The zero-order valence-electron chi connectivity index (χ0n) is 18.3. The van der Waals surface area contributed by atoms with Crippen molar-refractivity contribution in [3.63, 3.8) is 0 Å².